The Morgan fingerprint density at radius 1 is 1.34 bits per heavy atom. The molecule has 12 heteroatoms. The number of halogens is 2. The van der Waals surface area contributed by atoms with E-state index in [0.717, 1.165) is 49.6 Å². The maximum absolute atomic E-state index is 14.7. The number of rotatable bonds is 10. The van der Waals surface area contributed by atoms with Crippen LogP contribution in [0.1, 0.15) is 39.5 Å². The molecule has 0 saturated heterocycles. The van der Waals surface area contributed by atoms with Crippen molar-refractivity contribution in [3.63, 3.8) is 0 Å². The Labute approximate surface area is 191 Å². The van der Waals surface area contributed by atoms with E-state index in [1.54, 1.807) is 0 Å². The molecule has 1 saturated carbocycles. The van der Waals surface area contributed by atoms with Crippen molar-refractivity contribution in [2.24, 2.45) is 28.7 Å². The van der Waals surface area contributed by atoms with Crippen LogP contribution in [0.3, 0.4) is 0 Å². The first-order valence-electron chi connectivity index (χ1n) is 10.5. The van der Waals surface area contributed by atoms with Gasteiger partial charge in [0.1, 0.15) is 22.9 Å². The summed E-state index contributed by atoms with van der Waals surface area (Å²) in [5.41, 5.74) is 12.1. The molecule has 1 aromatic heterocycles. The molecule has 1 aliphatic carbocycles. The van der Waals surface area contributed by atoms with Gasteiger partial charge in [0.25, 0.3) is 10.0 Å². The Morgan fingerprint density at radius 3 is 2.72 bits per heavy atom. The molecule has 6 N–H and O–H groups in total. The maximum atomic E-state index is 14.7. The lowest BCUT2D eigenvalue weighted by Crippen LogP contribution is -2.39. The number of nitrogens with one attached hydrogen (secondary N) is 2. The van der Waals surface area contributed by atoms with Gasteiger partial charge in [-0.2, -0.15) is 4.37 Å². The molecular formula is C20H30F2N6O2S2. The predicted molar refractivity (Wildman–Crippen MR) is 122 cm³/mol. The van der Waals surface area contributed by atoms with E-state index in [1.165, 1.54) is 0 Å². The van der Waals surface area contributed by atoms with E-state index < -0.39 is 26.6 Å². The van der Waals surface area contributed by atoms with Crippen molar-refractivity contribution in [1.29, 1.82) is 0 Å². The molecule has 3 rings (SSSR count). The first-order chi connectivity index (χ1) is 15.1. The van der Waals surface area contributed by atoms with Gasteiger partial charge < -0.3 is 16.8 Å². The van der Waals surface area contributed by atoms with Gasteiger partial charge >= 0.3 is 0 Å². The van der Waals surface area contributed by atoms with E-state index in [4.69, 9.17) is 11.5 Å². The summed E-state index contributed by atoms with van der Waals surface area (Å²) >= 11 is 0.786. The smallest absolute Gasteiger partial charge is 0.266 e. The standard InChI is InChI=1S/C20H30F2N6O2S2/c1-12(24)13(8-20(2)5-3-4-14(20)9-23)10-25-17-6-16(22)18(7-15(17)21)32(29,30)28-19-26-11-27-31-19/h6-7,11-14,25H,3-5,8-10,23-24H2,1-2H3,(H,26,27,28)/t12-,13?,14+,20+/m1/s1. The number of aromatic nitrogens is 2. The van der Waals surface area contributed by atoms with E-state index in [1.807, 2.05) is 6.92 Å². The Balaban J connectivity index is 1.73. The highest BCUT2D eigenvalue weighted by Gasteiger charge is 2.40. The number of nitrogens with zero attached hydrogens (tertiary/aromatic N) is 2. The number of sulfonamides is 1. The van der Waals surface area contributed by atoms with Gasteiger partial charge in [0.05, 0.1) is 5.69 Å². The van der Waals surface area contributed by atoms with E-state index in [0.29, 0.717) is 25.1 Å². The summed E-state index contributed by atoms with van der Waals surface area (Å²) in [4.78, 5) is 2.89. The highest BCUT2D eigenvalue weighted by Crippen LogP contribution is 2.47. The summed E-state index contributed by atoms with van der Waals surface area (Å²) in [7, 11) is -4.35. The molecule has 1 unspecified atom stereocenters. The quantitative estimate of drug-likeness (QED) is 0.403. The topological polar surface area (TPSA) is 136 Å². The first kappa shape index (κ1) is 24.7. The minimum Gasteiger partial charge on any atom is -0.382 e. The normalized spacial score (nSPS) is 23.1. The fourth-order valence-electron chi connectivity index (χ4n) is 4.52. The number of hydrogen-bond acceptors (Lipinski definition) is 8. The molecule has 0 spiro atoms. The summed E-state index contributed by atoms with van der Waals surface area (Å²) in [5.74, 6) is -1.52. The molecule has 1 heterocycles. The molecule has 32 heavy (non-hydrogen) atoms. The molecule has 8 nitrogen and oxygen atoms in total. The third-order valence-electron chi connectivity index (χ3n) is 6.49. The Hall–Kier alpha value is -1.89. The molecule has 2 aromatic rings. The number of anilines is 2. The molecule has 1 aliphatic rings. The predicted octanol–water partition coefficient (Wildman–Crippen LogP) is 3.15. The second-order valence-corrected chi connectivity index (χ2v) is 11.2. The summed E-state index contributed by atoms with van der Waals surface area (Å²) in [6.07, 6.45) is 5.26. The largest absolute Gasteiger partial charge is 0.382 e. The van der Waals surface area contributed by atoms with Crippen LogP contribution in [0.4, 0.5) is 19.6 Å². The first-order valence-corrected chi connectivity index (χ1v) is 12.8. The molecule has 0 radical (unpaired) electrons. The lowest BCUT2D eigenvalue weighted by Gasteiger charge is -2.36. The highest BCUT2D eigenvalue weighted by atomic mass is 32.2. The summed E-state index contributed by atoms with van der Waals surface area (Å²) < 4.78 is 59.9. The van der Waals surface area contributed by atoms with Gasteiger partial charge in [-0.15, -0.1) is 0 Å². The zero-order valence-electron chi connectivity index (χ0n) is 18.1. The summed E-state index contributed by atoms with van der Waals surface area (Å²) in [5, 5.41) is 2.88. The van der Waals surface area contributed by atoms with E-state index in [-0.39, 0.29) is 28.2 Å². The third-order valence-corrected chi connectivity index (χ3v) is 8.55. The Kier molecular flexibility index (Phi) is 7.69. The molecule has 178 valence electrons. The van der Waals surface area contributed by atoms with Gasteiger partial charge in [-0.05, 0) is 56.0 Å². The van der Waals surface area contributed by atoms with E-state index in [9.17, 15) is 17.2 Å². The van der Waals surface area contributed by atoms with Crippen LogP contribution in [-0.2, 0) is 10.0 Å². The van der Waals surface area contributed by atoms with Gasteiger partial charge in [-0.3, -0.25) is 4.72 Å². The zero-order chi connectivity index (χ0) is 23.5. The van der Waals surface area contributed by atoms with Crippen LogP contribution in [0.15, 0.2) is 23.4 Å². The van der Waals surface area contributed by atoms with Gasteiger partial charge in [-0.1, -0.05) is 13.3 Å². The van der Waals surface area contributed by atoms with Crippen molar-refractivity contribution in [1.82, 2.24) is 9.36 Å². The average molecular weight is 489 g/mol. The van der Waals surface area contributed by atoms with Crippen molar-refractivity contribution in [2.75, 3.05) is 23.1 Å². The van der Waals surface area contributed by atoms with Gasteiger partial charge in [0.15, 0.2) is 0 Å². The second kappa shape index (κ2) is 9.94. The number of nitrogens with two attached hydrogens (primary N) is 2. The van der Waals surface area contributed by atoms with Crippen molar-refractivity contribution < 1.29 is 17.2 Å². The fourth-order valence-corrected chi connectivity index (χ4v) is 6.25. The lowest BCUT2D eigenvalue weighted by molar-refractivity contribution is 0.169. The van der Waals surface area contributed by atoms with Crippen LogP contribution >= 0.6 is 11.5 Å². The van der Waals surface area contributed by atoms with Crippen molar-refractivity contribution in [2.45, 2.75) is 50.5 Å². The minimum absolute atomic E-state index is 0.0112. The fraction of sp³-hybridized carbons (Fsp3) is 0.600. The minimum atomic E-state index is -4.35. The van der Waals surface area contributed by atoms with E-state index in [2.05, 4.69) is 26.3 Å². The summed E-state index contributed by atoms with van der Waals surface area (Å²) in [6, 6.07) is 1.34. The van der Waals surface area contributed by atoms with Crippen LogP contribution < -0.4 is 21.5 Å². The Morgan fingerprint density at radius 2 is 2.09 bits per heavy atom. The molecule has 1 fully saturated rings. The van der Waals surface area contributed by atoms with Gasteiger partial charge in [0, 0.05) is 30.2 Å². The number of benzene rings is 1. The van der Waals surface area contributed by atoms with Crippen LogP contribution in [0.2, 0.25) is 0 Å². The Bertz CT molecular complexity index is 1020. The molecule has 0 bridgehead atoms. The zero-order valence-corrected chi connectivity index (χ0v) is 19.8. The second-order valence-electron chi connectivity index (χ2n) is 8.80. The van der Waals surface area contributed by atoms with Crippen LogP contribution in [0.5, 0.6) is 0 Å². The summed E-state index contributed by atoms with van der Waals surface area (Å²) in [6.45, 7) is 5.07. The number of hydrogen-bond donors (Lipinski definition) is 4. The lowest BCUT2D eigenvalue weighted by atomic mass is 9.72. The molecule has 1 aromatic carbocycles. The molecule has 0 aliphatic heterocycles. The van der Waals surface area contributed by atoms with Gasteiger partial charge in [0.2, 0.25) is 5.13 Å². The van der Waals surface area contributed by atoms with Crippen LogP contribution in [0, 0.1) is 28.9 Å². The van der Waals surface area contributed by atoms with Crippen molar-refractivity contribution in [3.8, 4) is 0 Å². The molecule has 4 atom stereocenters. The average Bonchev–Trinajstić information content (AvgIpc) is 3.35. The van der Waals surface area contributed by atoms with E-state index >= 15 is 0 Å². The monoisotopic (exact) mass is 488 g/mol. The van der Waals surface area contributed by atoms with Crippen molar-refractivity contribution >= 4 is 32.4 Å². The molecule has 0 amide bonds. The highest BCUT2D eigenvalue weighted by molar-refractivity contribution is 7.93. The van der Waals surface area contributed by atoms with Crippen LogP contribution in [0.25, 0.3) is 0 Å². The molecular weight excluding hydrogens is 458 g/mol. The van der Waals surface area contributed by atoms with Gasteiger partial charge in [-0.25, -0.2) is 22.2 Å². The SMILES string of the molecule is C[C@@H](N)C(CNc1cc(F)c(S(=O)(=O)Nc2ncns2)cc1F)C[C@]1(C)CCC[C@H]1CN. The maximum Gasteiger partial charge on any atom is 0.266 e. The van der Waals surface area contributed by atoms with Crippen molar-refractivity contribution in [3.05, 3.63) is 30.1 Å². The van der Waals surface area contributed by atoms with Crippen LogP contribution in [-0.4, -0.2) is 36.9 Å². The third kappa shape index (κ3) is 5.53.